The van der Waals surface area contributed by atoms with E-state index in [0.29, 0.717) is 17.1 Å². The summed E-state index contributed by atoms with van der Waals surface area (Å²) >= 11 is 0. The van der Waals surface area contributed by atoms with Crippen LogP contribution < -0.4 is 10.6 Å². The van der Waals surface area contributed by atoms with Crippen molar-refractivity contribution < 1.29 is 8.42 Å². The van der Waals surface area contributed by atoms with Crippen LogP contribution in [0.4, 0.5) is 5.69 Å². The van der Waals surface area contributed by atoms with E-state index in [4.69, 9.17) is 0 Å². The first kappa shape index (κ1) is 16.0. The van der Waals surface area contributed by atoms with E-state index >= 15 is 0 Å². The number of fused-ring (bicyclic) bond motifs is 1. The molecule has 122 valence electrons. The molecule has 0 aromatic heterocycles. The SMILES string of the molecule is CCS(=O)(=O)c1ccccc1NCC1NCCc2ccccc21. The summed E-state index contributed by atoms with van der Waals surface area (Å²) in [5.74, 6) is 0.107. The van der Waals surface area contributed by atoms with Gasteiger partial charge in [-0.3, -0.25) is 0 Å². The Hall–Kier alpha value is -1.85. The normalized spacial score (nSPS) is 17.5. The monoisotopic (exact) mass is 330 g/mol. The molecule has 0 bridgehead atoms. The third kappa shape index (κ3) is 3.41. The van der Waals surface area contributed by atoms with E-state index in [1.54, 1.807) is 19.1 Å². The number of hydrogen-bond donors (Lipinski definition) is 2. The van der Waals surface area contributed by atoms with Gasteiger partial charge in [0.25, 0.3) is 0 Å². The largest absolute Gasteiger partial charge is 0.382 e. The summed E-state index contributed by atoms with van der Waals surface area (Å²) < 4.78 is 24.4. The summed E-state index contributed by atoms with van der Waals surface area (Å²) in [7, 11) is -3.23. The number of para-hydroxylation sites is 1. The van der Waals surface area contributed by atoms with Crippen LogP contribution in [0.15, 0.2) is 53.4 Å². The molecule has 0 fully saturated rings. The fourth-order valence-electron chi connectivity index (χ4n) is 3.03. The minimum absolute atomic E-state index is 0.107. The zero-order chi connectivity index (χ0) is 16.3. The first-order chi connectivity index (χ1) is 11.1. The van der Waals surface area contributed by atoms with Gasteiger partial charge in [-0.05, 0) is 36.2 Å². The van der Waals surface area contributed by atoms with Gasteiger partial charge in [-0.15, -0.1) is 0 Å². The summed E-state index contributed by atoms with van der Waals surface area (Å²) in [4.78, 5) is 0.381. The highest BCUT2D eigenvalue weighted by molar-refractivity contribution is 7.91. The lowest BCUT2D eigenvalue weighted by Gasteiger charge is -2.27. The molecule has 23 heavy (non-hydrogen) atoms. The van der Waals surface area contributed by atoms with E-state index in [2.05, 4.69) is 28.8 Å². The number of anilines is 1. The quantitative estimate of drug-likeness (QED) is 0.885. The zero-order valence-electron chi connectivity index (χ0n) is 13.2. The Morgan fingerprint density at radius 3 is 2.70 bits per heavy atom. The van der Waals surface area contributed by atoms with Crippen molar-refractivity contribution in [3.05, 3.63) is 59.7 Å². The Balaban J connectivity index is 1.81. The van der Waals surface area contributed by atoms with Crippen LogP contribution in [0.1, 0.15) is 24.1 Å². The number of benzene rings is 2. The lowest BCUT2D eigenvalue weighted by molar-refractivity contribution is 0.523. The van der Waals surface area contributed by atoms with Crippen molar-refractivity contribution >= 4 is 15.5 Å². The predicted octanol–water partition coefficient (Wildman–Crippen LogP) is 2.78. The van der Waals surface area contributed by atoms with E-state index < -0.39 is 9.84 Å². The van der Waals surface area contributed by atoms with Gasteiger partial charge in [0.2, 0.25) is 0 Å². The second kappa shape index (κ2) is 6.72. The summed E-state index contributed by atoms with van der Waals surface area (Å²) in [5.41, 5.74) is 3.34. The molecular weight excluding hydrogens is 308 g/mol. The van der Waals surface area contributed by atoms with Gasteiger partial charge in [-0.25, -0.2) is 8.42 Å². The maximum absolute atomic E-state index is 12.2. The van der Waals surface area contributed by atoms with Gasteiger partial charge in [0, 0.05) is 12.6 Å². The molecule has 4 nitrogen and oxygen atoms in total. The van der Waals surface area contributed by atoms with Crippen LogP contribution in [0.25, 0.3) is 0 Å². The van der Waals surface area contributed by atoms with Crippen molar-refractivity contribution in [3.8, 4) is 0 Å². The van der Waals surface area contributed by atoms with Crippen LogP contribution in [0.5, 0.6) is 0 Å². The standard InChI is InChI=1S/C18H22N2O2S/c1-2-23(21,22)18-10-6-5-9-16(18)20-13-17-15-8-4-3-7-14(15)11-12-19-17/h3-10,17,19-20H,2,11-13H2,1H3. The molecule has 0 amide bonds. The van der Waals surface area contributed by atoms with Gasteiger partial charge >= 0.3 is 0 Å². The molecule has 2 N–H and O–H groups in total. The minimum Gasteiger partial charge on any atom is -0.382 e. The fourth-order valence-corrected chi connectivity index (χ4v) is 4.10. The van der Waals surface area contributed by atoms with Gasteiger partial charge in [-0.2, -0.15) is 0 Å². The minimum atomic E-state index is -3.23. The third-order valence-electron chi connectivity index (χ3n) is 4.31. The van der Waals surface area contributed by atoms with Gasteiger partial charge < -0.3 is 10.6 Å². The maximum Gasteiger partial charge on any atom is 0.180 e. The highest BCUT2D eigenvalue weighted by atomic mass is 32.2. The first-order valence-corrected chi connectivity index (χ1v) is 9.64. The van der Waals surface area contributed by atoms with Crippen molar-refractivity contribution in [2.24, 2.45) is 0 Å². The molecule has 2 aromatic carbocycles. The average Bonchev–Trinajstić information content (AvgIpc) is 2.60. The summed E-state index contributed by atoms with van der Waals surface area (Å²) in [6, 6.07) is 15.7. The molecule has 0 radical (unpaired) electrons. The fraction of sp³-hybridized carbons (Fsp3) is 0.333. The van der Waals surface area contributed by atoms with Crippen molar-refractivity contribution in [1.29, 1.82) is 0 Å². The molecule has 1 aliphatic heterocycles. The molecule has 0 saturated heterocycles. The molecule has 0 saturated carbocycles. The van der Waals surface area contributed by atoms with Crippen molar-refractivity contribution in [3.63, 3.8) is 0 Å². The molecule has 1 aliphatic rings. The van der Waals surface area contributed by atoms with Gasteiger partial charge in [-0.1, -0.05) is 43.3 Å². The smallest absolute Gasteiger partial charge is 0.180 e. The molecule has 1 heterocycles. The Kier molecular flexibility index (Phi) is 4.68. The lowest BCUT2D eigenvalue weighted by atomic mass is 9.94. The number of rotatable bonds is 5. The molecule has 5 heteroatoms. The second-order valence-corrected chi connectivity index (χ2v) is 7.98. The molecule has 1 unspecified atom stereocenters. The number of hydrogen-bond acceptors (Lipinski definition) is 4. The van der Waals surface area contributed by atoms with Crippen LogP contribution in [-0.4, -0.2) is 27.3 Å². The third-order valence-corrected chi connectivity index (χ3v) is 6.10. The van der Waals surface area contributed by atoms with Crippen LogP contribution in [0.3, 0.4) is 0 Å². The van der Waals surface area contributed by atoms with Gasteiger partial charge in [0.1, 0.15) is 0 Å². The van der Waals surface area contributed by atoms with E-state index in [0.717, 1.165) is 13.0 Å². The van der Waals surface area contributed by atoms with E-state index in [-0.39, 0.29) is 11.8 Å². The number of nitrogens with one attached hydrogen (secondary N) is 2. The number of sulfone groups is 1. The van der Waals surface area contributed by atoms with Gasteiger partial charge in [0.15, 0.2) is 9.84 Å². The van der Waals surface area contributed by atoms with E-state index in [1.807, 2.05) is 18.2 Å². The average molecular weight is 330 g/mol. The Labute approximate surface area is 137 Å². The van der Waals surface area contributed by atoms with Crippen LogP contribution in [0, 0.1) is 0 Å². The molecular formula is C18H22N2O2S. The highest BCUT2D eigenvalue weighted by Crippen LogP contribution is 2.26. The van der Waals surface area contributed by atoms with E-state index in [9.17, 15) is 8.42 Å². The zero-order valence-corrected chi connectivity index (χ0v) is 14.1. The van der Waals surface area contributed by atoms with Crippen LogP contribution >= 0.6 is 0 Å². The Bertz CT molecular complexity index is 787. The van der Waals surface area contributed by atoms with Crippen LogP contribution in [-0.2, 0) is 16.3 Å². The highest BCUT2D eigenvalue weighted by Gasteiger charge is 2.20. The Morgan fingerprint density at radius 1 is 1.13 bits per heavy atom. The van der Waals surface area contributed by atoms with Gasteiger partial charge in [0.05, 0.1) is 16.3 Å². The summed E-state index contributed by atoms with van der Waals surface area (Å²) in [6.07, 6.45) is 1.04. The summed E-state index contributed by atoms with van der Waals surface area (Å²) in [5, 5.41) is 6.83. The molecule has 1 atom stereocenters. The van der Waals surface area contributed by atoms with Crippen molar-refractivity contribution in [1.82, 2.24) is 5.32 Å². The van der Waals surface area contributed by atoms with Crippen molar-refractivity contribution in [2.75, 3.05) is 24.2 Å². The molecule has 0 aliphatic carbocycles. The molecule has 3 rings (SSSR count). The first-order valence-electron chi connectivity index (χ1n) is 7.98. The molecule has 2 aromatic rings. The Morgan fingerprint density at radius 2 is 1.87 bits per heavy atom. The van der Waals surface area contributed by atoms with Crippen LogP contribution in [0.2, 0.25) is 0 Å². The molecule has 0 spiro atoms. The summed E-state index contributed by atoms with van der Waals surface area (Å²) in [6.45, 7) is 3.27. The lowest BCUT2D eigenvalue weighted by Crippen LogP contribution is -2.34. The topological polar surface area (TPSA) is 58.2 Å². The van der Waals surface area contributed by atoms with E-state index in [1.165, 1.54) is 11.1 Å². The maximum atomic E-state index is 12.2. The predicted molar refractivity (Wildman–Crippen MR) is 93.5 cm³/mol. The second-order valence-electron chi connectivity index (χ2n) is 5.74. The van der Waals surface area contributed by atoms with Crippen molar-refractivity contribution in [2.45, 2.75) is 24.3 Å².